The van der Waals surface area contributed by atoms with Crippen LogP contribution in [0.1, 0.15) is 31.1 Å². The van der Waals surface area contributed by atoms with Gasteiger partial charge in [0.25, 0.3) is 0 Å². The van der Waals surface area contributed by atoms with E-state index in [1.54, 1.807) is 0 Å². The van der Waals surface area contributed by atoms with Crippen LogP contribution in [-0.4, -0.2) is 10.8 Å². The Hall–Kier alpha value is -0.930. The first kappa shape index (κ1) is 12.5. The Morgan fingerprint density at radius 1 is 1.35 bits per heavy atom. The van der Waals surface area contributed by atoms with E-state index >= 15 is 0 Å². The van der Waals surface area contributed by atoms with Crippen molar-refractivity contribution in [1.82, 2.24) is 4.57 Å². The number of thioether (sulfide) groups is 1. The summed E-state index contributed by atoms with van der Waals surface area (Å²) in [5.41, 5.74) is 9.79. The summed E-state index contributed by atoms with van der Waals surface area (Å²) in [4.78, 5) is 0. The predicted octanol–water partition coefficient (Wildman–Crippen LogP) is 3.54. The zero-order chi connectivity index (χ0) is 12.4. The summed E-state index contributed by atoms with van der Waals surface area (Å²) in [5.74, 6) is 1.05. The lowest BCUT2D eigenvalue weighted by molar-refractivity contribution is 0.604. The highest BCUT2D eigenvalue weighted by Crippen LogP contribution is 2.28. The van der Waals surface area contributed by atoms with E-state index in [-0.39, 0.29) is 0 Å². The Balaban J connectivity index is 2.72. The summed E-state index contributed by atoms with van der Waals surface area (Å²) in [7, 11) is 0. The molecule has 3 heteroatoms. The molecule has 2 rings (SSSR count). The molecular formula is C14H20N2S. The van der Waals surface area contributed by atoms with Crippen molar-refractivity contribution in [2.45, 2.75) is 32.2 Å². The smallest absolute Gasteiger partial charge is 0.0530 e. The minimum atomic E-state index is 0.474. The maximum absolute atomic E-state index is 5.85. The number of rotatable bonds is 4. The lowest BCUT2D eigenvalue weighted by Gasteiger charge is -2.16. The molecule has 0 fully saturated rings. The van der Waals surface area contributed by atoms with Crippen molar-refractivity contribution < 1.29 is 0 Å². The number of aromatic nitrogens is 1. The topological polar surface area (TPSA) is 30.9 Å². The SMILES string of the molecule is CSCc1cc2cccc(CN)c2n1C(C)C. The molecule has 0 bridgehead atoms. The number of fused-ring (bicyclic) bond motifs is 1. The number of para-hydroxylation sites is 1. The van der Waals surface area contributed by atoms with Crippen LogP contribution in [0.4, 0.5) is 0 Å². The normalized spacial score (nSPS) is 11.6. The van der Waals surface area contributed by atoms with Crippen LogP contribution in [0, 0.1) is 0 Å². The van der Waals surface area contributed by atoms with Gasteiger partial charge in [0.15, 0.2) is 0 Å². The van der Waals surface area contributed by atoms with Gasteiger partial charge < -0.3 is 10.3 Å². The molecule has 92 valence electrons. The van der Waals surface area contributed by atoms with Crippen molar-refractivity contribution in [3.05, 3.63) is 35.5 Å². The summed E-state index contributed by atoms with van der Waals surface area (Å²) >= 11 is 1.86. The molecule has 0 spiro atoms. The van der Waals surface area contributed by atoms with Gasteiger partial charge in [0.2, 0.25) is 0 Å². The van der Waals surface area contributed by atoms with Gasteiger partial charge in [0.05, 0.1) is 5.52 Å². The van der Waals surface area contributed by atoms with E-state index in [0.717, 1.165) is 5.75 Å². The number of nitrogens with two attached hydrogens (primary N) is 1. The average Bonchev–Trinajstić information content (AvgIpc) is 2.67. The maximum atomic E-state index is 5.85. The van der Waals surface area contributed by atoms with Crippen LogP contribution in [-0.2, 0) is 12.3 Å². The van der Waals surface area contributed by atoms with Gasteiger partial charge in [0.1, 0.15) is 0 Å². The van der Waals surface area contributed by atoms with Crippen molar-refractivity contribution >= 4 is 22.7 Å². The molecule has 0 atom stereocenters. The molecule has 2 N–H and O–H groups in total. The summed E-state index contributed by atoms with van der Waals surface area (Å²) < 4.78 is 2.42. The quantitative estimate of drug-likeness (QED) is 0.897. The minimum Gasteiger partial charge on any atom is -0.341 e. The molecule has 0 aliphatic carbocycles. The number of benzene rings is 1. The lowest BCUT2D eigenvalue weighted by Crippen LogP contribution is -2.07. The molecule has 0 unspecified atom stereocenters. The Morgan fingerprint density at radius 3 is 2.71 bits per heavy atom. The molecule has 1 heterocycles. The first-order valence-electron chi connectivity index (χ1n) is 5.99. The Bertz CT molecular complexity index is 514. The molecule has 0 amide bonds. The van der Waals surface area contributed by atoms with Crippen LogP contribution in [0.2, 0.25) is 0 Å². The third kappa shape index (κ3) is 2.22. The van der Waals surface area contributed by atoms with Gasteiger partial charge in [-0.2, -0.15) is 11.8 Å². The van der Waals surface area contributed by atoms with Crippen LogP contribution >= 0.6 is 11.8 Å². The molecular weight excluding hydrogens is 228 g/mol. The van der Waals surface area contributed by atoms with Crippen LogP contribution in [0.5, 0.6) is 0 Å². The van der Waals surface area contributed by atoms with Gasteiger partial charge in [-0.1, -0.05) is 18.2 Å². The van der Waals surface area contributed by atoms with E-state index in [0.29, 0.717) is 12.6 Å². The van der Waals surface area contributed by atoms with Crippen LogP contribution in [0.3, 0.4) is 0 Å². The van der Waals surface area contributed by atoms with Crippen molar-refractivity contribution in [2.24, 2.45) is 5.73 Å². The van der Waals surface area contributed by atoms with Crippen molar-refractivity contribution in [3.8, 4) is 0 Å². The number of nitrogens with zero attached hydrogens (tertiary/aromatic N) is 1. The van der Waals surface area contributed by atoms with E-state index in [9.17, 15) is 0 Å². The fourth-order valence-corrected chi connectivity index (χ4v) is 2.95. The van der Waals surface area contributed by atoms with Gasteiger partial charge in [-0.15, -0.1) is 0 Å². The molecule has 17 heavy (non-hydrogen) atoms. The van der Waals surface area contributed by atoms with Crippen LogP contribution in [0.25, 0.3) is 10.9 Å². The van der Waals surface area contributed by atoms with Gasteiger partial charge in [-0.25, -0.2) is 0 Å². The number of hydrogen-bond donors (Lipinski definition) is 1. The van der Waals surface area contributed by atoms with Crippen LogP contribution < -0.4 is 5.73 Å². The second kappa shape index (κ2) is 5.15. The van der Waals surface area contributed by atoms with Gasteiger partial charge in [-0.3, -0.25) is 0 Å². The van der Waals surface area contributed by atoms with Gasteiger partial charge in [-0.05, 0) is 31.7 Å². The second-order valence-corrected chi connectivity index (χ2v) is 5.46. The van der Waals surface area contributed by atoms with Crippen LogP contribution in [0.15, 0.2) is 24.3 Å². The standard InChI is InChI=1S/C14H20N2S/c1-10(2)16-13(9-17-3)7-11-5-4-6-12(8-15)14(11)16/h4-7,10H,8-9,15H2,1-3H3. The molecule has 0 saturated heterocycles. The van der Waals surface area contributed by atoms with Crippen molar-refractivity contribution in [2.75, 3.05) is 6.26 Å². The van der Waals surface area contributed by atoms with Gasteiger partial charge >= 0.3 is 0 Å². The third-order valence-corrected chi connectivity index (χ3v) is 3.64. The Labute approximate surface area is 107 Å². The fourth-order valence-electron chi connectivity index (χ4n) is 2.43. The first-order chi connectivity index (χ1) is 8.19. The molecule has 0 aliphatic heterocycles. The van der Waals surface area contributed by atoms with E-state index in [4.69, 9.17) is 5.73 Å². The first-order valence-corrected chi connectivity index (χ1v) is 7.39. The highest BCUT2D eigenvalue weighted by Gasteiger charge is 2.13. The third-order valence-electron chi connectivity index (χ3n) is 3.05. The van der Waals surface area contributed by atoms with E-state index < -0.39 is 0 Å². The zero-order valence-corrected chi connectivity index (χ0v) is 11.6. The minimum absolute atomic E-state index is 0.474. The summed E-state index contributed by atoms with van der Waals surface area (Å²) in [6.07, 6.45) is 2.15. The lowest BCUT2D eigenvalue weighted by atomic mass is 10.1. The average molecular weight is 248 g/mol. The van der Waals surface area contributed by atoms with Crippen molar-refractivity contribution in [1.29, 1.82) is 0 Å². The van der Waals surface area contributed by atoms with Crippen molar-refractivity contribution in [3.63, 3.8) is 0 Å². The predicted molar refractivity (Wildman–Crippen MR) is 77.4 cm³/mol. The highest BCUT2D eigenvalue weighted by molar-refractivity contribution is 7.97. The molecule has 0 radical (unpaired) electrons. The molecule has 2 aromatic rings. The Morgan fingerprint density at radius 2 is 2.12 bits per heavy atom. The summed E-state index contributed by atoms with van der Waals surface area (Å²) in [6.45, 7) is 5.07. The molecule has 2 nitrogen and oxygen atoms in total. The Kier molecular flexibility index (Phi) is 3.79. The van der Waals surface area contributed by atoms with Gasteiger partial charge in [0, 0.05) is 29.4 Å². The monoisotopic (exact) mass is 248 g/mol. The number of hydrogen-bond acceptors (Lipinski definition) is 2. The molecule has 1 aromatic heterocycles. The van der Waals surface area contributed by atoms with E-state index in [1.165, 1.54) is 22.2 Å². The molecule has 0 aliphatic rings. The summed E-state index contributed by atoms with van der Waals surface area (Å²) in [6, 6.07) is 9.17. The van der Waals surface area contributed by atoms with E-state index in [2.05, 4.69) is 48.9 Å². The fraction of sp³-hybridized carbons (Fsp3) is 0.429. The highest BCUT2D eigenvalue weighted by atomic mass is 32.2. The maximum Gasteiger partial charge on any atom is 0.0530 e. The summed E-state index contributed by atoms with van der Waals surface area (Å²) in [5, 5.41) is 1.31. The largest absolute Gasteiger partial charge is 0.341 e. The zero-order valence-electron chi connectivity index (χ0n) is 10.7. The molecule has 0 saturated carbocycles. The van der Waals surface area contributed by atoms with E-state index in [1.807, 2.05) is 11.8 Å². The molecule has 1 aromatic carbocycles. The second-order valence-electron chi connectivity index (χ2n) is 4.59.